The van der Waals surface area contributed by atoms with Gasteiger partial charge in [0.1, 0.15) is 6.10 Å². The molecule has 0 aromatic rings. The van der Waals surface area contributed by atoms with Gasteiger partial charge in [-0.2, -0.15) is 0 Å². The summed E-state index contributed by atoms with van der Waals surface area (Å²) in [6.45, 7) is 8.59. The topological polar surface area (TPSA) is 83.8 Å². The lowest BCUT2D eigenvalue weighted by Crippen LogP contribution is -2.40. The van der Waals surface area contributed by atoms with Gasteiger partial charge in [0.05, 0.1) is 18.1 Å². The average molecular weight is 312 g/mol. The average Bonchev–Trinajstić information content (AvgIpc) is 2.46. The van der Waals surface area contributed by atoms with Crippen LogP contribution in [0, 0.1) is 23.7 Å². The monoisotopic (exact) mass is 312 g/mol. The van der Waals surface area contributed by atoms with Crippen LogP contribution in [0.4, 0.5) is 0 Å². The zero-order valence-corrected chi connectivity index (χ0v) is 14.0. The van der Waals surface area contributed by atoms with Crippen molar-refractivity contribution in [2.75, 3.05) is 0 Å². The van der Waals surface area contributed by atoms with Crippen LogP contribution in [0.1, 0.15) is 41.0 Å². The largest absolute Gasteiger partial charge is 0.459 e. The number of carbonyl (C=O) groups is 2. The molecule has 22 heavy (non-hydrogen) atoms. The Kier molecular flexibility index (Phi) is 6.75. The van der Waals surface area contributed by atoms with E-state index in [1.165, 1.54) is 6.08 Å². The fourth-order valence-corrected chi connectivity index (χ4v) is 2.85. The van der Waals surface area contributed by atoms with E-state index in [0.717, 1.165) is 0 Å². The molecule has 0 aromatic carbocycles. The number of esters is 1. The Morgan fingerprint density at radius 2 is 1.82 bits per heavy atom. The summed E-state index contributed by atoms with van der Waals surface area (Å²) in [5, 5.41) is 20.1. The molecule has 5 heteroatoms. The Bertz CT molecular complexity index is 429. The number of allylic oxidation sites excluding steroid dienone is 1. The van der Waals surface area contributed by atoms with E-state index < -0.39 is 30.2 Å². The summed E-state index contributed by atoms with van der Waals surface area (Å²) < 4.78 is 5.38. The molecule has 0 saturated carbocycles. The van der Waals surface area contributed by atoms with E-state index in [4.69, 9.17) is 4.74 Å². The number of ketones is 1. The Balaban J connectivity index is 3.11. The maximum Gasteiger partial charge on any atom is 0.311 e. The maximum atomic E-state index is 12.2. The van der Waals surface area contributed by atoms with Crippen LogP contribution in [-0.2, 0) is 14.3 Å². The molecule has 0 saturated heterocycles. The van der Waals surface area contributed by atoms with E-state index in [1.54, 1.807) is 26.8 Å². The molecule has 1 rings (SSSR count). The molecule has 0 spiro atoms. The minimum Gasteiger partial charge on any atom is -0.459 e. The molecule has 0 fully saturated rings. The predicted molar refractivity (Wildman–Crippen MR) is 83.0 cm³/mol. The van der Waals surface area contributed by atoms with Gasteiger partial charge in [0, 0.05) is 11.8 Å². The first-order valence-electron chi connectivity index (χ1n) is 7.93. The molecule has 0 amide bonds. The lowest BCUT2D eigenvalue weighted by atomic mass is 9.84. The van der Waals surface area contributed by atoms with Crippen molar-refractivity contribution in [3.05, 3.63) is 12.2 Å². The van der Waals surface area contributed by atoms with Crippen LogP contribution in [0.15, 0.2) is 12.2 Å². The van der Waals surface area contributed by atoms with E-state index >= 15 is 0 Å². The summed E-state index contributed by atoms with van der Waals surface area (Å²) in [4.78, 5) is 24.3. The fraction of sp³-hybridized carbons (Fsp3) is 0.765. The lowest BCUT2D eigenvalue weighted by molar-refractivity contribution is -0.166. The Morgan fingerprint density at radius 1 is 1.23 bits per heavy atom. The summed E-state index contributed by atoms with van der Waals surface area (Å²) in [5.74, 6) is -1.95. The summed E-state index contributed by atoms with van der Waals surface area (Å²) in [7, 11) is 0. The van der Waals surface area contributed by atoms with Gasteiger partial charge in [0.2, 0.25) is 0 Å². The third-order valence-corrected chi connectivity index (χ3v) is 4.49. The first kappa shape index (κ1) is 18.8. The molecule has 1 aliphatic rings. The number of aliphatic hydroxyl groups excluding tert-OH is 2. The normalized spacial score (nSPS) is 41.0. The number of aliphatic hydroxyl groups is 2. The number of hydrogen-bond acceptors (Lipinski definition) is 5. The number of hydrogen-bond donors (Lipinski definition) is 2. The van der Waals surface area contributed by atoms with Crippen LogP contribution in [0.3, 0.4) is 0 Å². The Hall–Kier alpha value is -1.20. The van der Waals surface area contributed by atoms with Crippen molar-refractivity contribution in [1.82, 2.24) is 0 Å². The van der Waals surface area contributed by atoms with Gasteiger partial charge in [0.15, 0.2) is 5.78 Å². The molecule has 7 atom stereocenters. The van der Waals surface area contributed by atoms with Gasteiger partial charge in [-0.3, -0.25) is 9.59 Å². The smallest absolute Gasteiger partial charge is 0.311 e. The highest BCUT2D eigenvalue weighted by Crippen LogP contribution is 2.25. The molecule has 0 aliphatic carbocycles. The van der Waals surface area contributed by atoms with Gasteiger partial charge in [-0.15, -0.1) is 0 Å². The van der Waals surface area contributed by atoms with Crippen LogP contribution >= 0.6 is 0 Å². The molecule has 126 valence electrons. The quantitative estimate of drug-likeness (QED) is 0.720. The van der Waals surface area contributed by atoms with Crippen molar-refractivity contribution in [3.63, 3.8) is 0 Å². The molecule has 0 radical (unpaired) electrons. The van der Waals surface area contributed by atoms with E-state index in [9.17, 15) is 19.8 Å². The number of carbonyl (C=O) groups excluding carboxylic acids is 2. The van der Waals surface area contributed by atoms with Crippen molar-refractivity contribution in [1.29, 1.82) is 0 Å². The number of ether oxygens (including phenoxy) is 1. The van der Waals surface area contributed by atoms with Crippen LogP contribution in [-0.4, -0.2) is 40.3 Å². The second-order valence-electron chi connectivity index (χ2n) is 6.66. The predicted octanol–water partition coefficient (Wildman–Crippen LogP) is 1.71. The second-order valence-corrected chi connectivity index (χ2v) is 6.66. The van der Waals surface area contributed by atoms with E-state index in [-0.39, 0.29) is 23.5 Å². The SMILES string of the molecule is CC1CC(C)C(O)C(C)C(=O)OC(C(C)O)C(C)/C=C/C1=O. The standard InChI is InChI=1S/C17H28O5/c1-9-6-7-14(19)10(2)8-11(3)15(20)12(4)17(21)22-16(9)13(5)18/h6-7,9-13,15-16,18,20H,8H2,1-5H3/b7-6+. The van der Waals surface area contributed by atoms with Crippen molar-refractivity contribution in [2.24, 2.45) is 23.7 Å². The third kappa shape index (κ3) is 4.65. The van der Waals surface area contributed by atoms with E-state index in [0.29, 0.717) is 6.42 Å². The zero-order valence-electron chi connectivity index (χ0n) is 14.0. The highest BCUT2D eigenvalue weighted by molar-refractivity contribution is 5.91. The Labute approximate surface area is 132 Å². The van der Waals surface area contributed by atoms with Gasteiger partial charge in [-0.05, 0) is 32.3 Å². The summed E-state index contributed by atoms with van der Waals surface area (Å²) >= 11 is 0. The lowest BCUT2D eigenvalue weighted by Gasteiger charge is -2.30. The van der Waals surface area contributed by atoms with Gasteiger partial charge in [-0.25, -0.2) is 0 Å². The van der Waals surface area contributed by atoms with E-state index in [1.807, 2.05) is 13.8 Å². The molecule has 2 N–H and O–H groups in total. The van der Waals surface area contributed by atoms with Crippen LogP contribution in [0.25, 0.3) is 0 Å². The van der Waals surface area contributed by atoms with Crippen LogP contribution < -0.4 is 0 Å². The van der Waals surface area contributed by atoms with Crippen molar-refractivity contribution >= 4 is 11.8 Å². The molecule has 7 unspecified atom stereocenters. The first-order chi connectivity index (χ1) is 10.1. The maximum absolute atomic E-state index is 12.2. The highest BCUT2D eigenvalue weighted by Gasteiger charge is 2.34. The number of cyclic esters (lactones) is 1. The van der Waals surface area contributed by atoms with Crippen LogP contribution in [0.5, 0.6) is 0 Å². The summed E-state index contributed by atoms with van der Waals surface area (Å²) in [6, 6.07) is 0. The Morgan fingerprint density at radius 3 is 2.36 bits per heavy atom. The molecule has 0 aromatic heterocycles. The molecule has 0 bridgehead atoms. The first-order valence-corrected chi connectivity index (χ1v) is 7.93. The van der Waals surface area contributed by atoms with Crippen molar-refractivity contribution < 1.29 is 24.5 Å². The minimum atomic E-state index is -0.879. The van der Waals surface area contributed by atoms with E-state index in [2.05, 4.69) is 0 Å². The van der Waals surface area contributed by atoms with Crippen LogP contribution in [0.2, 0.25) is 0 Å². The summed E-state index contributed by atoms with van der Waals surface area (Å²) in [6.07, 6.45) is 1.20. The highest BCUT2D eigenvalue weighted by atomic mass is 16.6. The number of rotatable bonds is 1. The molecular formula is C17H28O5. The zero-order chi connectivity index (χ0) is 17.0. The van der Waals surface area contributed by atoms with Gasteiger partial charge in [0.25, 0.3) is 0 Å². The third-order valence-electron chi connectivity index (χ3n) is 4.49. The van der Waals surface area contributed by atoms with Gasteiger partial charge < -0.3 is 14.9 Å². The summed E-state index contributed by atoms with van der Waals surface area (Å²) in [5.41, 5.74) is 0. The van der Waals surface area contributed by atoms with Gasteiger partial charge >= 0.3 is 5.97 Å². The van der Waals surface area contributed by atoms with Crippen molar-refractivity contribution in [3.8, 4) is 0 Å². The molecule has 5 nitrogen and oxygen atoms in total. The second kappa shape index (κ2) is 7.88. The molecule has 1 aliphatic heterocycles. The molecule has 1 heterocycles. The minimum absolute atomic E-state index is 0.0187. The fourth-order valence-electron chi connectivity index (χ4n) is 2.85. The molecular weight excluding hydrogens is 284 g/mol. The van der Waals surface area contributed by atoms with Gasteiger partial charge in [-0.1, -0.05) is 26.8 Å². The van der Waals surface area contributed by atoms with Crippen molar-refractivity contribution in [2.45, 2.75) is 59.4 Å².